The van der Waals surface area contributed by atoms with E-state index in [0.717, 1.165) is 16.1 Å². The topological polar surface area (TPSA) is 101 Å². The van der Waals surface area contributed by atoms with Crippen LogP contribution in [0.1, 0.15) is 28.9 Å². The maximum atomic E-state index is 12.9. The van der Waals surface area contributed by atoms with Crippen LogP contribution in [0.4, 0.5) is 5.69 Å². The van der Waals surface area contributed by atoms with Crippen molar-refractivity contribution in [3.8, 4) is 0 Å². The minimum Gasteiger partial charge on any atom is -0.346 e. The smallest absolute Gasteiger partial charge is 0.264 e. The van der Waals surface area contributed by atoms with Gasteiger partial charge in [0.2, 0.25) is 0 Å². The van der Waals surface area contributed by atoms with Gasteiger partial charge in [-0.1, -0.05) is 36.4 Å². The third-order valence-corrected chi connectivity index (χ3v) is 7.96. The first-order valence-electron chi connectivity index (χ1n) is 9.75. The number of anilines is 1. The number of amides is 1. The van der Waals surface area contributed by atoms with Gasteiger partial charge in [-0.25, -0.2) is 16.8 Å². The van der Waals surface area contributed by atoms with Crippen molar-refractivity contribution in [3.63, 3.8) is 0 Å². The van der Waals surface area contributed by atoms with E-state index >= 15 is 0 Å². The van der Waals surface area contributed by atoms with E-state index in [1.165, 1.54) is 37.4 Å². The molecule has 3 rings (SSSR count). The van der Waals surface area contributed by atoms with Gasteiger partial charge in [-0.2, -0.15) is 0 Å². The summed E-state index contributed by atoms with van der Waals surface area (Å²) in [7, 11) is -5.63. The van der Waals surface area contributed by atoms with Gasteiger partial charge in [0, 0.05) is 18.9 Å². The summed E-state index contributed by atoms with van der Waals surface area (Å²) in [6.45, 7) is 1.78. The molecule has 0 aliphatic rings. The number of benzene rings is 3. The highest BCUT2D eigenvalue weighted by Gasteiger charge is 2.22. The van der Waals surface area contributed by atoms with Crippen LogP contribution < -0.4 is 9.62 Å². The fraction of sp³-hybridized carbons (Fsp3) is 0.174. The van der Waals surface area contributed by atoms with Gasteiger partial charge in [-0.15, -0.1) is 0 Å². The van der Waals surface area contributed by atoms with Gasteiger partial charge in [0.15, 0.2) is 9.84 Å². The molecular formula is C23H24N2O5S2. The van der Waals surface area contributed by atoms with E-state index in [0.29, 0.717) is 11.3 Å². The van der Waals surface area contributed by atoms with Crippen molar-refractivity contribution in [2.45, 2.75) is 22.8 Å². The Bertz CT molecular complexity index is 1320. The van der Waals surface area contributed by atoms with Crippen molar-refractivity contribution in [3.05, 3.63) is 90.0 Å². The van der Waals surface area contributed by atoms with Crippen molar-refractivity contribution in [1.82, 2.24) is 5.32 Å². The molecule has 1 amide bonds. The highest BCUT2D eigenvalue weighted by Crippen LogP contribution is 2.23. The largest absolute Gasteiger partial charge is 0.346 e. The van der Waals surface area contributed by atoms with Gasteiger partial charge in [0.25, 0.3) is 15.9 Å². The zero-order valence-electron chi connectivity index (χ0n) is 17.9. The van der Waals surface area contributed by atoms with E-state index in [2.05, 4.69) is 5.32 Å². The van der Waals surface area contributed by atoms with E-state index < -0.39 is 19.9 Å². The average molecular weight is 473 g/mol. The van der Waals surface area contributed by atoms with E-state index in [-0.39, 0.29) is 21.7 Å². The maximum absolute atomic E-state index is 12.9. The number of hydrogen-bond acceptors (Lipinski definition) is 5. The first kappa shape index (κ1) is 23.5. The van der Waals surface area contributed by atoms with Crippen LogP contribution in [0.5, 0.6) is 0 Å². The molecule has 0 unspecified atom stereocenters. The van der Waals surface area contributed by atoms with Crippen molar-refractivity contribution in [2.75, 3.05) is 17.6 Å². The molecule has 3 aromatic rings. The predicted octanol–water partition coefficient (Wildman–Crippen LogP) is 3.41. The summed E-state index contributed by atoms with van der Waals surface area (Å²) in [5, 5.41) is 2.85. The summed E-state index contributed by atoms with van der Waals surface area (Å²) in [6.07, 6.45) is 1.13. The summed E-state index contributed by atoms with van der Waals surface area (Å²) in [6, 6.07) is 20.3. The molecular weight excluding hydrogens is 448 g/mol. The average Bonchev–Trinajstić information content (AvgIpc) is 2.78. The Hall–Kier alpha value is -3.17. The van der Waals surface area contributed by atoms with Crippen LogP contribution in [-0.4, -0.2) is 36.0 Å². The van der Waals surface area contributed by atoms with Crippen molar-refractivity contribution in [2.24, 2.45) is 0 Å². The summed E-state index contributed by atoms with van der Waals surface area (Å²) >= 11 is 0. The highest BCUT2D eigenvalue weighted by molar-refractivity contribution is 7.92. The molecule has 0 bridgehead atoms. The molecule has 0 saturated heterocycles. The Morgan fingerprint density at radius 3 is 2.06 bits per heavy atom. The standard InChI is InChI=1S/C23H24N2O5S2/c1-17(18-12-14-21(15-13-18)31(3,27)28)24-23(26)19-8-7-9-20(16-19)25(2)32(29,30)22-10-5-4-6-11-22/h4-17H,1-3H3,(H,24,26)/t17-/m0/s1. The van der Waals surface area contributed by atoms with E-state index in [1.54, 1.807) is 55.5 Å². The summed E-state index contributed by atoms with van der Waals surface area (Å²) in [4.78, 5) is 13.1. The molecule has 0 saturated carbocycles. The summed E-state index contributed by atoms with van der Waals surface area (Å²) in [5.41, 5.74) is 1.40. The van der Waals surface area contributed by atoms with E-state index in [1.807, 2.05) is 0 Å². The zero-order chi connectivity index (χ0) is 23.5. The van der Waals surface area contributed by atoms with Gasteiger partial charge in [-0.3, -0.25) is 9.10 Å². The molecule has 0 radical (unpaired) electrons. The number of rotatable bonds is 7. The van der Waals surface area contributed by atoms with Gasteiger partial charge < -0.3 is 5.32 Å². The molecule has 1 atom stereocenters. The Balaban J connectivity index is 1.78. The van der Waals surface area contributed by atoms with Crippen LogP contribution >= 0.6 is 0 Å². The Morgan fingerprint density at radius 1 is 0.844 bits per heavy atom. The van der Waals surface area contributed by atoms with Crippen molar-refractivity contribution in [1.29, 1.82) is 0 Å². The first-order chi connectivity index (χ1) is 15.0. The van der Waals surface area contributed by atoms with Crippen LogP contribution in [0, 0.1) is 0 Å². The molecule has 0 heterocycles. The van der Waals surface area contributed by atoms with Crippen molar-refractivity contribution >= 4 is 31.5 Å². The lowest BCUT2D eigenvalue weighted by molar-refractivity contribution is 0.0940. The normalized spacial score (nSPS) is 12.7. The van der Waals surface area contributed by atoms with Gasteiger partial charge >= 0.3 is 0 Å². The minimum atomic E-state index is -3.76. The first-order valence-corrected chi connectivity index (χ1v) is 13.1. The van der Waals surface area contributed by atoms with Crippen LogP contribution in [0.2, 0.25) is 0 Å². The van der Waals surface area contributed by atoms with Crippen LogP contribution in [0.3, 0.4) is 0 Å². The highest BCUT2D eigenvalue weighted by atomic mass is 32.2. The lowest BCUT2D eigenvalue weighted by Gasteiger charge is -2.20. The lowest BCUT2D eigenvalue weighted by atomic mass is 10.1. The predicted molar refractivity (Wildman–Crippen MR) is 124 cm³/mol. The molecule has 0 spiro atoms. The number of nitrogens with one attached hydrogen (secondary N) is 1. The second kappa shape index (κ2) is 9.13. The van der Waals surface area contributed by atoms with E-state index in [4.69, 9.17) is 0 Å². The lowest BCUT2D eigenvalue weighted by Crippen LogP contribution is -2.28. The third-order valence-electron chi connectivity index (χ3n) is 5.03. The van der Waals surface area contributed by atoms with Crippen molar-refractivity contribution < 1.29 is 21.6 Å². The fourth-order valence-corrected chi connectivity index (χ4v) is 4.94. The molecule has 0 aliphatic carbocycles. The SMILES string of the molecule is C[C@H](NC(=O)c1cccc(N(C)S(=O)(=O)c2ccccc2)c1)c1ccc(S(C)(=O)=O)cc1. The van der Waals surface area contributed by atoms with Gasteiger partial charge in [0.05, 0.1) is 21.5 Å². The molecule has 3 aromatic carbocycles. The molecule has 0 aliphatic heterocycles. The Labute approximate surface area is 188 Å². The number of carbonyl (C=O) groups excluding carboxylic acids is 1. The molecule has 0 aromatic heterocycles. The molecule has 9 heteroatoms. The quantitative estimate of drug-likeness (QED) is 0.568. The zero-order valence-corrected chi connectivity index (χ0v) is 19.5. The number of sulfonamides is 1. The van der Waals surface area contributed by atoms with Crippen LogP contribution in [0.15, 0.2) is 88.7 Å². The second-order valence-electron chi connectivity index (χ2n) is 7.37. The number of sulfone groups is 1. The minimum absolute atomic E-state index is 0.156. The molecule has 32 heavy (non-hydrogen) atoms. The molecule has 0 fully saturated rings. The Kier molecular flexibility index (Phi) is 6.71. The number of carbonyl (C=O) groups is 1. The summed E-state index contributed by atoms with van der Waals surface area (Å²) in [5.74, 6) is -0.378. The molecule has 168 valence electrons. The molecule has 1 N–H and O–H groups in total. The number of hydrogen-bond donors (Lipinski definition) is 1. The van der Waals surface area contributed by atoms with Gasteiger partial charge in [-0.05, 0) is 55.0 Å². The van der Waals surface area contributed by atoms with Gasteiger partial charge in [0.1, 0.15) is 0 Å². The fourth-order valence-electron chi connectivity index (χ4n) is 3.10. The molecule has 7 nitrogen and oxygen atoms in total. The van der Waals surface area contributed by atoms with Crippen LogP contribution in [-0.2, 0) is 19.9 Å². The Morgan fingerprint density at radius 2 is 1.47 bits per heavy atom. The second-order valence-corrected chi connectivity index (χ2v) is 11.4. The third kappa shape index (κ3) is 5.17. The van der Waals surface area contributed by atoms with Crippen LogP contribution in [0.25, 0.3) is 0 Å². The summed E-state index contributed by atoms with van der Waals surface area (Å²) < 4.78 is 50.1. The maximum Gasteiger partial charge on any atom is 0.264 e. The monoisotopic (exact) mass is 472 g/mol. The van der Waals surface area contributed by atoms with E-state index in [9.17, 15) is 21.6 Å². The number of nitrogens with zero attached hydrogens (tertiary/aromatic N) is 1.